The van der Waals surface area contributed by atoms with Gasteiger partial charge < -0.3 is 14.6 Å². The Balaban J connectivity index is 0.00000154. The molecule has 0 radical (unpaired) electrons. The Morgan fingerprint density at radius 1 is 1.28 bits per heavy atom. The molecule has 7 heteroatoms. The summed E-state index contributed by atoms with van der Waals surface area (Å²) in [5.74, 6) is 0.786. The molecule has 202 valence electrons. The highest BCUT2D eigenvalue weighted by Crippen LogP contribution is 2.37. The van der Waals surface area contributed by atoms with Gasteiger partial charge in [0.2, 0.25) is 0 Å². The summed E-state index contributed by atoms with van der Waals surface area (Å²) in [5, 5.41) is 13.3. The Hall–Kier alpha value is -1.15. The molecule has 0 saturated carbocycles. The van der Waals surface area contributed by atoms with Crippen LogP contribution in [0.5, 0.6) is 0 Å². The zero-order valence-electron chi connectivity index (χ0n) is 22.9. The lowest BCUT2D eigenvalue weighted by atomic mass is 9.92. The Morgan fingerprint density at radius 2 is 2.03 bits per heavy atom. The Kier molecular flexibility index (Phi) is 17.4. The van der Waals surface area contributed by atoms with Crippen LogP contribution in [0.1, 0.15) is 77.2 Å². The van der Waals surface area contributed by atoms with Crippen LogP contribution in [0.4, 0.5) is 0 Å². The summed E-state index contributed by atoms with van der Waals surface area (Å²) in [7, 11) is 0. The maximum Gasteiger partial charge on any atom is 0.149 e. The summed E-state index contributed by atoms with van der Waals surface area (Å²) in [5.41, 5.74) is 4.38. The van der Waals surface area contributed by atoms with E-state index < -0.39 is 0 Å². The van der Waals surface area contributed by atoms with Crippen LogP contribution in [0.2, 0.25) is 5.02 Å². The third-order valence-corrected chi connectivity index (χ3v) is 8.06. The maximum absolute atomic E-state index is 10.5. The predicted molar refractivity (Wildman–Crippen MR) is 158 cm³/mol. The molecule has 3 atom stereocenters. The van der Waals surface area contributed by atoms with Gasteiger partial charge in [0, 0.05) is 41.8 Å². The molecular formula is C29H44ClNO3S2. The molecule has 2 heterocycles. The molecule has 1 aliphatic heterocycles. The Labute approximate surface area is 232 Å². The van der Waals surface area contributed by atoms with Gasteiger partial charge in [0.15, 0.2) is 0 Å². The minimum absolute atomic E-state index is 0.00955. The first-order chi connectivity index (χ1) is 17.5. The molecule has 1 aromatic carbocycles. The topological polar surface area (TPSA) is 51.6 Å². The molecule has 0 amide bonds. The lowest BCUT2D eigenvalue weighted by Gasteiger charge is -2.33. The van der Waals surface area contributed by atoms with E-state index in [0.29, 0.717) is 26.1 Å². The highest BCUT2D eigenvalue weighted by atomic mass is 35.5. The third-order valence-electron chi connectivity index (χ3n) is 5.42. The molecule has 3 rings (SSSR count). The average Bonchev–Trinajstić information content (AvgIpc) is 3.43. The van der Waals surface area contributed by atoms with Crippen LogP contribution in [-0.4, -0.2) is 41.3 Å². The number of aromatic nitrogens is 1. The molecule has 0 bridgehead atoms. The zero-order chi connectivity index (χ0) is 26.9. The number of aryl methyl sites for hydroxylation is 1. The van der Waals surface area contributed by atoms with Crippen LogP contribution in [0, 0.1) is 6.92 Å². The van der Waals surface area contributed by atoms with Gasteiger partial charge in [0.05, 0.1) is 24.9 Å². The first kappa shape index (κ1) is 32.9. The van der Waals surface area contributed by atoms with Gasteiger partial charge in [-0.2, -0.15) is 0 Å². The summed E-state index contributed by atoms with van der Waals surface area (Å²) in [6.45, 7) is 15.4. The van der Waals surface area contributed by atoms with Crippen LogP contribution in [0.15, 0.2) is 51.9 Å². The smallest absolute Gasteiger partial charge is 0.149 e. The van der Waals surface area contributed by atoms with E-state index in [9.17, 15) is 5.11 Å². The van der Waals surface area contributed by atoms with Gasteiger partial charge >= 0.3 is 0 Å². The van der Waals surface area contributed by atoms with E-state index >= 15 is 0 Å². The van der Waals surface area contributed by atoms with Crippen molar-refractivity contribution in [3.8, 4) is 0 Å². The van der Waals surface area contributed by atoms with E-state index in [1.807, 2.05) is 66.1 Å². The SMILES string of the molecule is C/C=C(\C=C/COCC)Cc1cc(C2CC(O)CC(CSc3nccs3)O2)cc(C)c1Cl.CC.CC. The van der Waals surface area contributed by atoms with Crippen molar-refractivity contribution in [3.05, 3.63) is 69.2 Å². The largest absolute Gasteiger partial charge is 0.393 e. The number of hydrogen-bond donors (Lipinski definition) is 1. The van der Waals surface area contributed by atoms with Crippen molar-refractivity contribution in [2.24, 2.45) is 0 Å². The van der Waals surface area contributed by atoms with Crippen LogP contribution >= 0.6 is 34.7 Å². The molecule has 2 aromatic rings. The van der Waals surface area contributed by atoms with Crippen LogP contribution in [-0.2, 0) is 15.9 Å². The van der Waals surface area contributed by atoms with Crippen LogP contribution < -0.4 is 0 Å². The second kappa shape index (κ2) is 19.0. The molecule has 1 saturated heterocycles. The molecule has 0 aliphatic carbocycles. The number of thiazole rings is 1. The van der Waals surface area contributed by atoms with Gasteiger partial charge in [-0.25, -0.2) is 4.98 Å². The van der Waals surface area contributed by atoms with E-state index in [1.54, 1.807) is 23.1 Å². The highest BCUT2D eigenvalue weighted by Gasteiger charge is 2.30. The maximum atomic E-state index is 10.5. The number of ether oxygens (including phenoxy) is 2. The fourth-order valence-electron chi connectivity index (χ4n) is 3.81. The second-order valence-corrected chi connectivity index (χ2v) is 10.4. The van der Waals surface area contributed by atoms with Gasteiger partial charge in [-0.1, -0.05) is 81.4 Å². The van der Waals surface area contributed by atoms with Crippen LogP contribution in [0.25, 0.3) is 0 Å². The lowest BCUT2D eigenvalue weighted by molar-refractivity contribution is -0.0875. The van der Waals surface area contributed by atoms with E-state index in [4.69, 9.17) is 21.1 Å². The quantitative estimate of drug-likeness (QED) is 0.181. The number of halogens is 1. The molecular weight excluding hydrogens is 510 g/mol. The lowest BCUT2D eigenvalue weighted by Crippen LogP contribution is -2.33. The predicted octanol–water partition coefficient (Wildman–Crippen LogP) is 8.61. The fourth-order valence-corrected chi connectivity index (χ4v) is 5.67. The minimum atomic E-state index is -0.373. The van der Waals surface area contributed by atoms with E-state index in [2.05, 4.69) is 29.3 Å². The number of nitrogens with zero attached hydrogens (tertiary/aromatic N) is 1. The number of aliphatic hydroxyl groups is 1. The normalized spacial score (nSPS) is 19.9. The average molecular weight is 554 g/mol. The molecule has 3 unspecified atom stereocenters. The van der Waals surface area contributed by atoms with Gasteiger partial charge in [0.25, 0.3) is 0 Å². The first-order valence-electron chi connectivity index (χ1n) is 13.0. The van der Waals surface area contributed by atoms with Crippen molar-refractivity contribution in [3.63, 3.8) is 0 Å². The van der Waals surface area contributed by atoms with Gasteiger partial charge in [0.1, 0.15) is 4.34 Å². The summed E-state index contributed by atoms with van der Waals surface area (Å²) in [6, 6.07) is 4.24. The first-order valence-corrected chi connectivity index (χ1v) is 15.3. The van der Waals surface area contributed by atoms with E-state index in [-0.39, 0.29) is 18.3 Å². The monoisotopic (exact) mass is 553 g/mol. The van der Waals surface area contributed by atoms with Crippen molar-refractivity contribution in [1.29, 1.82) is 0 Å². The fraction of sp³-hybridized carbons (Fsp3) is 0.552. The number of thioether (sulfide) groups is 1. The van der Waals surface area contributed by atoms with Gasteiger partial charge in [-0.15, -0.1) is 11.3 Å². The van der Waals surface area contributed by atoms with Gasteiger partial charge in [-0.05, 0) is 49.5 Å². The molecule has 1 N–H and O–H groups in total. The van der Waals surface area contributed by atoms with E-state index in [1.165, 1.54) is 5.57 Å². The number of hydrogen-bond acceptors (Lipinski definition) is 6. The summed E-state index contributed by atoms with van der Waals surface area (Å²) in [4.78, 5) is 4.33. The van der Waals surface area contributed by atoms with Gasteiger partial charge in [-0.3, -0.25) is 0 Å². The number of rotatable bonds is 10. The zero-order valence-corrected chi connectivity index (χ0v) is 25.3. The van der Waals surface area contributed by atoms with E-state index in [0.717, 1.165) is 38.2 Å². The molecule has 36 heavy (non-hydrogen) atoms. The Bertz CT molecular complexity index is 915. The molecule has 4 nitrogen and oxygen atoms in total. The second-order valence-electron chi connectivity index (χ2n) is 7.89. The van der Waals surface area contributed by atoms with Crippen molar-refractivity contribution < 1.29 is 14.6 Å². The van der Waals surface area contributed by atoms with Crippen molar-refractivity contribution in [2.75, 3.05) is 19.0 Å². The van der Waals surface area contributed by atoms with Crippen molar-refractivity contribution in [2.45, 2.75) is 90.4 Å². The highest BCUT2D eigenvalue weighted by molar-refractivity contribution is 8.01. The summed E-state index contributed by atoms with van der Waals surface area (Å²) >= 11 is 10.00. The molecule has 1 aliphatic rings. The number of benzene rings is 1. The molecule has 1 fully saturated rings. The Morgan fingerprint density at radius 3 is 2.67 bits per heavy atom. The minimum Gasteiger partial charge on any atom is -0.393 e. The number of allylic oxidation sites excluding steroid dienone is 3. The number of aliphatic hydroxyl groups excluding tert-OH is 1. The summed E-state index contributed by atoms with van der Waals surface area (Å²) in [6.07, 6.45) is 9.53. The molecule has 1 aromatic heterocycles. The van der Waals surface area contributed by atoms with Crippen LogP contribution in [0.3, 0.4) is 0 Å². The standard InChI is InChI=1S/C25H32ClNO3S2.2C2H6/c1-4-18(7-6-9-29-5-2)12-20-13-19(11-17(3)24(20)26)23-15-21(28)14-22(30-23)16-32-25-27-8-10-31-25;2*1-2/h4,6-8,10-11,13,21-23,28H,5,9,12,14-16H2,1-3H3;2*1-2H3/b7-6-,18-4+;;. The third kappa shape index (κ3) is 11.1. The molecule has 0 spiro atoms. The van der Waals surface area contributed by atoms with Crippen molar-refractivity contribution >= 4 is 34.7 Å². The van der Waals surface area contributed by atoms with Crippen molar-refractivity contribution in [1.82, 2.24) is 4.98 Å². The summed E-state index contributed by atoms with van der Waals surface area (Å²) < 4.78 is 12.9.